The Balaban J connectivity index is 1.53. The summed E-state index contributed by atoms with van der Waals surface area (Å²) >= 11 is 9.75. The molecule has 0 fully saturated rings. The SMILES string of the molecule is O=C(CSc1nnc(NC(=O)c2ccccc2Cl)s1)Nc1nccs1. The summed E-state index contributed by atoms with van der Waals surface area (Å²) in [6.07, 6.45) is 1.62. The van der Waals surface area contributed by atoms with Crippen LogP contribution in [0.25, 0.3) is 0 Å². The molecule has 0 spiro atoms. The van der Waals surface area contributed by atoms with E-state index >= 15 is 0 Å². The van der Waals surface area contributed by atoms with Crippen molar-refractivity contribution < 1.29 is 9.59 Å². The molecule has 11 heteroatoms. The summed E-state index contributed by atoms with van der Waals surface area (Å²) in [7, 11) is 0. The Bertz CT molecular complexity index is 884. The molecular weight excluding hydrogens is 402 g/mol. The number of nitrogens with zero attached hydrogens (tertiary/aromatic N) is 3. The summed E-state index contributed by atoms with van der Waals surface area (Å²) in [5, 5.41) is 16.2. The third-order valence-electron chi connectivity index (χ3n) is 2.75. The lowest BCUT2D eigenvalue weighted by Crippen LogP contribution is -2.13. The number of rotatable bonds is 6. The van der Waals surface area contributed by atoms with Gasteiger partial charge in [0.2, 0.25) is 11.0 Å². The predicted molar refractivity (Wildman–Crippen MR) is 101 cm³/mol. The maximum atomic E-state index is 12.2. The Morgan fingerprint density at radius 2 is 2.00 bits per heavy atom. The first-order chi connectivity index (χ1) is 12.1. The molecule has 0 aliphatic rings. The minimum atomic E-state index is -0.361. The lowest BCUT2D eigenvalue weighted by Gasteiger charge is -2.02. The molecule has 0 unspecified atom stereocenters. The summed E-state index contributed by atoms with van der Waals surface area (Å²) in [4.78, 5) is 27.9. The van der Waals surface area contributed by atoms with Gasteiger partial charge in [-0.1, -0.05) is 46.8 Å². The number of benzene rings is 1. The second-order valence-electron chi connectivity index (χ2n) is 4.48. The van der Waals surface area contributed by atoms with Crippen LogP contribution in [-0.2, 0) is 4.79 Å². The van der Waals surface area contributed by atoms with E-state index in [0.29, 0.717) is 25.2 Å². The fourth-order valence-corrected chi connectivity index (χ4v) is 4.01. The number of thioether (sulfide) groups is 1. The lowest BCUT2D eigenvalue weighted by molar-refractivity contribution is -0.113. The number of carbonyl (C=O) groups is 2. The highest BCUT2D eigenvalue weighted by atomic mass is 35.5. The zero-order chi connectivity index (χ0) is 17.6. The van der Waals surface area contributed by atoms with Crippen molar-refractivity contribution in [2.75, 3.05) is 16.4 Å². The topological polar surface area (TPSA) is 96.9 Å². The van der Waals surface area contributed by atoms with Gasteiger partial charge in [-0.2, -0.15) is 0 Å². The van der Waals surface area contributed by atoms with E-state index in [4.69, 9.17) is 11.6 Å². The van der Waals surface area contributed by atoms with Crippen molar-refractivity contribution >= 4 is 68.1 Å². The first-order valence-electron chi connectivity index (χ1n) is 6.83. The number of anilines is 2. The van der Waals surface area contributed by atoms with E-state index in [1.807, 2.05) is 0 Å². The first kappa shape index (κ1) is 17.8. The van der Waals surface area contributed by atoms with E-state index in [2.05, 4.69) is 25.8 Å². The zero-order valence-electron chi connectivity index (χ0n) is 12.4. The van der Waals surface area contributed by atoms with E-state index in [1.54, 1.807) is 35.8 Å². The Hall–Kier alpha value is -2.01. The van der Waals surface area contributed by atoms with Gasteiger partial charge < -0.3 is 5.32 Å². The molecule has 7 nitrogen and oxygen atoms in total. The quantitative estimate of drug-likeness (QED) is 0.475. The Labute approximate surface area is 159 Å². The highest BCUT2D eigenvalue weighted by molar-refractivity contribution is 8.01. The zero-order valence-corrected chi connectivity index (χ0v) is 15.6. The third-order valence-corrected chi connectivity index (χ3v) is 5.74. The van der Waals surface area contributed by atoms with Crippen LogP contribution < -0.4 is 10.6 Å². The van der Waals surface area contributed by atoms with Gasteiger partial charge in [0, 0.05) is 11.6 Å². The monoisotopic (exact) mass is 411 g/mol. The average molecular weight is 412 g/mol. The van der Waals surface area contributed by atoms with Crippen LogP contribution in [0.2, 0.25) is 5.02 Å². The van der Waals surface area contributed by atoms with Gasteiger partial charge in [0.1, 0.15) is 0 Å². The molecule has 2 heterocycles. The molecule has 0 aliphatic heterocycles. The van der Waals surface area contributed by atoms with Crippen molar-refractivity contribution in [3.8, 4) is 0 Å². The van der Waals surface area contributed by atoms with Gasteiger partial charge >= 0.3 is 0 Å². The molecule has 0 atom stereocenters. The van der Waals surface area contributed by atoms with Crippen LogP contribution >= 0.6 is 46.0 Å². The van der Waals surface area contributed by atoms with Gasteiger partial charge in [-0.05, 0) is 12.1 Å². The van der Waals surface area contributed by atoms with Gasteiger partial charge in [-0.25, -0.2) is 4.98 Å². The van der Waals surface area contributed by atoms with E-state index < -0.39 is 0 Å². The van der Waals surface area contributed by atoms with Gasteiger partial charge in [-0.15, -0.1) is 21.5 Å². The molecule has 0 bridgehead atoms. The third kappa shape index (κ3) is 4.98. The Kier molecular flexibility index (Phi) is 5.97. The molecule has 2 amide bonds. The molecule has 0 saturated carbocycles. The summed E-state index contributed by atoms with van der Waals surface area (Å²) in [5.74, 6) is -0.372. The summed E-state index contributed by atoms with van der Waals surface area (Å²) < 4.78 is 0.573. The molecule has 128 valence electrons. The predicted octanol–water partition coefficient (Wildman–Crippen LogP) is 3.63. The van der Waals surface area contributed by atoms with Crippen molar-refractivity contribution in [1.29, 1.82) is 0 Å². The second kappa shape index (κ2) is 8.39. The number of hydrogen-bond acceptors (Lipinski definition) is 8. The molecule has 2 N–H and O–H groups in total. The summed E-state index contributed by atoms with van der Waals surface area (Å²) in [5.41, 5.74) is 0.358. The largest absolute Gasteiger partial charge is 0.301 e. The summed E-state index contributed by atoms with van der Waals surface area (Å²) in [6.45, 7) is 0. The number of carbonyl (C=O) groups excluding carboxylic acids is 2. The minimum Gasteiger partial charge on any atom is -0.301 e. The van der Waals surface area contributed by atoms with E-state index in [-0.39, 0.29) is 17.6 Å². The molecule has 25 heavy (non-hydrogen) atoms. The first-order valence-corrected chi connectivity index (χ1v) is 9.89. The van der Waals surface area contributed by atoms with Gasteiger partial charge in [-0.3, -0.25) is 14.9 Å². The molecule has 3 rings (SSSR count). The van der Waals surface area contributed by atoms with Crippen LogP contribution in [0, 0.1) is 0 Å². The number of thiazole rings is 1. The number of amides is 2. The Morgan fingerprint density at radius 1 is 1.16 bits per heavy atom. The molecule has 0 saturated heterocycles. The fraction of sp³-hybridized carbons (Fsp3) is 0.0714. The average Bonchev–Trinajstić information content (AvgIpc) is 3.25. The lowest BCUT2D eigenvalue weighted by atomic mass is 10.2. The van der Waals surface area contributed by atoms with Crippen molar-refractivity contribution in [3.63, 3.8) is 0 Å². The van der Waals surface area contributed by atoms with Gasteiger partial charge in [0.25, 0.3) is 5.91 Å². The van der Waals surface area contributed by atoms with Crippen LogP contribution in [0.1, 0.15) is 10.4 Å². The van der Waals surface area contributed by atoms with E-state index in [0.717, 1.165) is 0 Å². The Morgan fingerprint density at radius 3 is 2.76 bits per heavy atom. The van der Waals surface area contributed by atoms with Crippen molar-refractivity contribution in [2.24, 2.45) is 0 Å². The van der Waals surface area contributed by atoms with Crippen LogP contribution in [0.4, 0.5) is 10.3 Å². The molecule has 0 radical (unpaired) electrons. The minimum absolute atomic E-state index is 0.173. The molecule has 1 aromatic carbocycles. The van der Waals surface area contributed by atoms with Crippen molar-refractivity contribution in [1.82, 2.24) is 15.2 Å². The summed E-state index contributed by atoms with van der Waals surface area (Å²) in [6, 6.07) is 6.73. The highest BCUT2D eigenvalue weighted by Crippen LogP contribution is 2.26. The normalized spacial score (nSPS) is 10.4. The van der Waals surface area contributed by atoms with Crippen LogP contribution in [0.15, 0.2) is 40.2 Å². The van der Waals surface area contributed by atoms with E-state index in [1.165, 1.54) is 34.4 Å². The highest BCUT2D eigenvalue weighted by Gasteiger charge is 2.14. The van der Waals surface area contributed by atoms with E-state index in [9.17, 15) is 9.59 Å². The van der Waals surface area contributed by atoms with Crippen LogP contribution in [-0.4, -0.2) is 32.7 Å². The van der Waals surface area contributed by atoms with Crippen LogP contribution in [0.5, 0.6) is 0 Å². The molecule has 2 aromatic heterocycles. The number of nitrogens with one attached hydrogen (secondary N) is 2. The molecular formula is C14H10ClN5O2S3. The smallest absolute Gasteiger partial charge is 0.259 e. The molecule has 3 aromatic rings. The van der Waals surface area contributed by atoms with Crippen molar-refractivity contribution in [2.45, 2.75) is 4.34 Å². The molecule has 0 aliphatic carbocycles. The maximum Gasteiger partial charge on any atom is 0.259 e. The van der Waals surface area contributed by atoms with Gasteiger partial charge in [0.05, 0.1) is 16.3 Å². The van der Waals surface area contributed by atoms with Crippen molar-refractivity contribution in [3.05, 3.63) is 46.4 Å². The fourth-order valence-electron chi connectivity index (χ4n) is 1.70. The maximum absolute atomic E-state index is 12.2. The number of hydrogen-bond donors (Lipinski definition) is 2. The standard InChI is InChI=1S/C14H10ClN5O2S3/c15-9-4-2-1-3-8(9)11(22)18-13-19-20-14(25-13)24-7-10(21)17-12-16-5-6-23-12/h1-6H,7H2,(H,16,17,21)(H,18,19,22). The van der Waals surface area contributed by atoms with Gasteiger partial charge in [0.15, 0.2) is 9.47 Å². The number of halogens is 1. The second-order valence-corrected chi connectivity index (χ2v) is 7.98. The van der Waals surface area contributed by atoms with Crippen LogP contribution in [0.3, 0.4) is 0 Å². The number of aromatic nitrogens is 3.